The number of rotatable bonds is 5. The second-order valence-corrected chi connectivity index (χ2v) is 5.77. The van der Waals surface area contributed by atoms with E-state index >= 15 is 0 Å². The number of carbonyl (C=O) groups excluding carboxylic acids is 1. The van der Waals surface area contributed by atoms with Crippen molar-refractivity contribution in [3.05, 3.63) is 54.1 Å². The van der Waals surface area contributed by atoms with Crippen LogP contribution in [0.3, 0.4) is 0 Å². The van der Waals surface area contributed by atoms with Gasteiger partial charge >= 0.3 is 5.97 Å². The Morgan fingerprint density at radius 3 is 2.48 bits per heavy atom. The quantitative estimate of drug-likeness (QED) is 0.819. The van der Waals surface area contributed by atoms with Gasteiger partial charge in [-0.1, -0.05) is 18.9 Å². The van der Waals surface area contributed by atoms with Crippen molar-refractivity contribution < 1.29 is 14.3 Å². The summed E-state index contributed by atoms with van der Waals surface area (Å²) in [4.78, 5) is 11.5. The Kier molecular flexibility index (Phi) is 4.81. The van der Waals surface area contributed by atoms with Crippen LogP contribution in [-0.2, 0) is 4.74 Å². The highest BCUT2D eigenvalue weighted by atomic mass is 16.5. The highest BCUT2D eigenvalue weighted by Gasteiger charge is 2.14. The summed E-state index contributed by atoms with van der Waals surface area (Å²) >= 11 is 0. The van der Waals surface area contributed by atoms with E-state index in [0.29, 0.717) is 17.4 Å². The van der Waals surface area contributed by atoms with E-state index in [2.05, 4.69) is 5.32 Å². The number of carbonyl (C=O) groups is 1. The van der Waals surface area contributed by atoms with Crippen LogP contribution in [0.4, 0.5) is 5.69 Å². The number of hydrogen-bond acceptors (Lipinski definition) is 4. The summed E-state index contributed by atoms with van der Waals surface area (Å²) in [5.74, 6) is 0.986. The minimum atomic E-state index is -0.369. The minimum absolute atomic E-state index is 0.369. The van der Waals surface area contributed by atoms with Gasteiger partial charge in [-0.2, -0.15) is 0 Å². The second-order valence-electron chi connectivity index (χ2n) is 5.77. The molecule has 0 radical (unpaired) electrons. The van der Waals surface area contributed by atoms with Gasteiger partial charge in [0.15, 0.2) is 0 Å². The summed E-state index contributed by atoms with van der Waals surface area (Å²) in [6, 6.07) is 15.5. The van der Waals surface area contributed by atoms with Gasteiger partial charge in [0, 0.05) is 11.7 Å². The third kappa shape index (κ3) is 4.03. The van der Waals surface area contributed by atoms with E-state index in [1.807, 2.05) is 30.3 Å². The normalized spacial score (nSPS) is 14.5. The Labute approximate surface area is 136 Å². The monoisotopic (exact) mass is 311 g/mol. The van der Waals surface area contributed by atoms with Crippen LogP contribution in [-0.4, -0.2) is 19.1 Å². The highest BCUT2D eigenvalue weighted by Crippen LogP contribution is 2.26. The molecule has 1 aliphatic rings. The molecule has 1 aliphatic carbocycles. The standard InChI is InChI=1S/C19H21NO3/c1-22-19(21)14-5-4-8-18(13-14)23-17-11-9-16(10-12-17)20-15-6-2-3-7-15/h4-5,8-13,15,20H,2-3,6-7H2,1H3. The molecule has 0 unspecified atom stereocenters. The predicted octanol–water partition coefficient (Wildman–Crippen LogP) is 4.62. The van der Waals surface area contributed by atoms with Gasteiger partial charge in [-0.25, -0.2) is 4.79 Å². The molecule has 120 valence electrons. The van der Waals surface area contributed by atoms with E-state index in [1.165, 1.54) is 32.8 Å². The topological polar surface area (TPSA) is 47.6 Å². The maximum Gasteiger partial charge on any atom is 0.337 e. The molecule has 1 fully saturated rings. The minimum Gasteiger partial charge on any atom is -0.465 e. The van der Waals surface area contributed by atoms with Crippen LogP contribution in [0.1, 0.15) is 36.0 Å². The molecule has 0 spiro atoms. The first-order chi connectivity index (χ1) is 11.2. The molecule has 0 bridgehead atoms. The summed E-state index contributed by atoms with van der Waals surface area (Å²) in [5.41, 5.74) is 1.59. The molecule has 3 rings (SSSR count). The number of nitrogens with one attached hydrogen (secondary N) is 1. The van der Waals surface area contributed by atoms with Gasteiger partial charge in [0.2, 0.25) is 0 Å². The summed E-state index contributed by atoms with van der Waals surface area (Å²) in [5, 5.41) is 3.55. The SMILES string of the molecule is COC(=O)c1cccc(Oc2ccc(NC3CCCC3)cc2)c1. The van der Waals surface area contributed by atoms with E-state index in [9.17, 15) is 4.79 Å². The molecule has 23 heavy (non-hydrogen) atoms. The zero-order chi connectivity index (χ0) is 16.1. The van der Waals surface area contributed by atoms with Crippen molar-refractivity contribution in [1.29, 1.82) is 0 Å². The van der Waals surface area contributed by atoms with Crippen molar-refractivity contribution in [2.75, 3.05) is 12.4 Å². The number of esters is 1. The van der Waals surface area contributed by atoms with Crippen LogP contribution in [0.2, 0.25) is 0 Å². The molecule has 4 nitrogen and oxygen atoms in total. The molecular weight excluding hydrogens is 290 g/mol. The van der Waals surface area contributed by atoms with Gasteiger partial charge in [-0.15, -0.1) is 0 Å². The molecule has 4 heteroatoms. The Balaban J connectivity index is 1.64. The van der Waals surface area contributed by atoms with Gasteiger partial charge in [-0.3, -0.25) is 0 Å². The lowest BCUT2D eigenvalue weighted by atomic mass is 10.2. The lowest BCUT2D eigenvalue weighted by molar-refractivity contribution is 0.0600. The fourth-order valence-electron chi connectivity index (χ4n) is 2.87. The van der Waals surface area contributed by atoms with E-state index in [0.717, 1.165) is 11.4 Å². The first-order valence-corrected chi connectivity index (χ1v) is 7.97. The maximum absolute atomic E-state index is 11.5. The lowest BCUT2D eigenvalue weighted by Crippen LogP contribution is -2.14. The molecular formula is C19H21NO3. The van der Waals surface area contributed by atoms with E-state index in [-0.39, 0.29) is 5.97 Å². The largest absolute Gasteiger partial charge is 0.465 e. The van der Waals surface area contributed by atoms with Crippen LogP contribution in [0.5, 0.6) is 11.5 Å². The summed E-state index contributed by atoms with van der Waals surface area (Å²) < 4.78 is 10.5. The number of methoxy groups -OCH3 is 1. The first-order valence-electron chi connectivity index (χ1n) is 7.97. The average Bonchev–Trinajstić information content (AvgIpc) is 3.09. The van der Waals surface area contributed by atoms with E-state index in [4.69, 9.17) is 9.47 Å². The van der Waals surface area contributed by atoms with Crippen molar-refractivity contribution in [2.24, 2.45) is 0 Å². The van der Waals surface area contributed by atoms with Crippen LogP contribution in [0.25, 0.3) is 0 Å². The van der Waals surface area contributed by atoms with E-state index < -0.39 is 0 Å². The lowest BCUT2D eigenvalue weighted by Gasteiger charge is -2.14. The Bertz CT molecular complexity index is 661. The van der Waals surface area contributed by atoms with E-state index in [1.54, 1.807) is 18.2 Å². The maximum atomic E-state index is 11.5. The van der Waals surface area contributed by atoms with Crippen molar-refractivity contribution in [3.63, 3.8) is 0 Å². The molecule has 0 heterocycles. The van der Waals surface area contributed by atoms with Gasteiger partial charge < -0.3 is 14.8 Å². The van der Waals surface area contributed by atoms with Gasteiger partial charge in [-0.05, 0) is 55.3 Å². The molecule has 0 atom stereocenters. The number of ether oxygens (including phenoxy) is 2. The van der Waals surface area contributed by atoms with Crippen LogP contribution < -0.4 is 10.1 Å². The molecule has 2 aromatic carbocycles. The van der Waals surface area contributed by atoms with Crippen molar-refractivity contribution in [2.45, 2.75) is 31.7 Å². The zero-order valence-corrected chi connectivity index (χ0v) is 13.2. The molecule has 1 N–H and O–H groups in total. The number of anilines is 1. The zero-order valence-electron chi connectivity index (χ0n) is 13.2. The van der Waals surface area contributed by atoms with Gasteiger partial charge in [0.05, 0.1) is 12.7 Å². The van der Waals surface area contributed by atoms with Crippen molar-refractivity contribution >= 4 is 11.7 Å². The second kappa shape index (κ2) is 7.18. The Morgan fingerprint density at radius 1 is 1.04 bits per heavy atom. The predicted molar refractivity (Wildman–Crippen MR) is 90.2 cm³/mol. The molecule has 1 saturated carbocycles. The third-order valence-electron chi connectivity index (χ3n) is 4.07. The summed E-state index contributed by atoms with van der Waals surface area (Å²) in [6.45, 7) is 0. The number of benzene rings is 2. The Hall–Kier alpha value is -2.49. The van der Waals surface area contributed by atoms with Crippen LogP contribution in [0, 0.1) is 0 Å². The van der Waals surface area contributed by atoms with Crippen LogP contribution in [0.15, 0.2) is 48.5 Å². The molecule has 0 aliphatic heterocycles. The molecule has 0 aromatic heterocycles. The van der Waals surface area contributed by atoms with Crippen molar-refractivity contribution in [1.82, 2.24) is 0 Å². The van der Waals surface area contributed by atoms with Crippen molar-refractivity contribution in [3.8, 4) is 11.5 Å². The fraction of sp³-hybridized carbons (Fsp3) is 0.316. The highest BCUT2D eigenvalue weighted by molar-refractivity contribution is 5.89. The number of hydrogen-bond donors (Lipinski definition) is 1. The summed E-state index contributed by atoms with van der Waals surface area (Å²) in [6.07, 6.45) is 5.13. The smallest absolute Gasteiger partial charge is 0.337 e. The fourth-order valence-corrected chi connectivity index (χ4v) is 2.87. The molecule has 0 amide bonds. The Morgan fingerprint density at radius 2 is 1.78 bits per heavy atom. The average molecular weight is 311 g/mol. The third-order valence-corrected chi connectivity index (χ3v) is 4.07. The molecule has 2 aromatic rings. The van der Waals surface area contributed by atoms with Crippen LogP contribution >= 0.6 is 0 Å². The summed E-state index contributed by atoms with van der Waals surface area (Å²) in [7, 11) is 1.37. The molecule has 0 saturated heterocycles. The first kappa shape index (κ1) is 15.4. The van der Waals surface area contributed by atoms with Gasteiger partial charge in [0.1, 0.15) is 11.5 Å². The van der Waals surface area contributed by atoms with Gasteiger partial charge in [0.25, 0.3) is 0 Å².